The number of imidazole rings is 1. The van der Waals surface area contributed by atoms with Gasteiger partial charge in [0.2, 0.25) is 0 Å². The average Bonchev–Trinajstić information content (AvgIpc) is 2.93. The molecule has 0 unspecified atom stereocenters. The normalized spacial score (nSPS) is 11.3. The number of hydrogen-bond donors (Lipinski definition) is 1. The summed E-state index contributed by atoms with van der Waals surface area (Å²) >= 11 is 1.71. The summed E-state index contributed by atoms with van der Waals surface area (Å²) in [5.41, 5.74) is 2.42. The average molecular weight is 264 g/mol. The zero-order chi connectivity index (χ0) is 13.0. The zero-order valence-corrected chi connectivity index (χ0v) is 12.0. The summed E-state index contributed by atoms with van der Waals surface area (Å²) in [6.07, 6.45) is 4.81. The van der Waals surface area contributed by atoms with Crippen LogP contribution in [0.25, 0.3) is 0 Å². The molecule has 5 heteroatoms. The molecule has 18 heavy (non-hydrogen) atoms. The van der Waals surface area contributed by atoms with Gasteiger partial charge in [-0.25, -0.2) is 9.97 Å². The fraction of sp³-hybridized carbons (Fsp3) is 0.538. The molecule has 4 nitrogen and oxygen atoms in total. The van der Waals surface area contributed by atoms with E-state index >= 15 is 0 Å². The molecule has 1 N–H and O–H groups in total. The molecule has 0 spiro atoms. The Morgan fingerprint density at radius 1 is 1.44 bits per heavy atom. The van der Waals surface area contributed by atoms with Gasteiger partial charge in [-0.3, -0.25) is 0 Å². The molecule has 0 atom stereocenters. The molecule has 0 aromatic carbocycles. The van der Waals surface area contributed by atoms with Crippen LogP contribution in [-0.4, -0.2) is 21.1 Å². The van der Waals surface area contributed by atoms with E-state index in [1.165, 1.54) is 11.4 Å². The van der Waals surface area contributed by atoms with Crippen LogP contribution < -0.4 is 5.32 Å². The highest BCUT2D eigenvalue weighted by Gasteiger charge is 2.04. The standard InChI is InChI=1S/C13H20N4S/c1-10(2)17-9-15-7-13(17)6-14-5-4-12-8-18-11(3)16-12/h7-10,14H,4-6H2,1-3H3. The Kier molecular flexibility index (Phi) is 4.49. The first-order valence-corrected chi connectivity index (χ1v) is 7.17. The van der Waals surface area contributed by atoms with E-state index in [1.807, 2.05) is 19.4 Å². The van der Waals surface area contributed by atoms with Crippen molar-refractivity contribution in [2.75, 3.05) is 6.54 Å². The first kappa shape index (κ1) is 13.2. The van der Waals surface area contributed by atoms with E-state index in [0.717, 1.165) is 24.5 Å². The van der Waals surface area contributed by atoms with Crippen molar-refractivity contribution in [1.82, 2.24) is 19.9 Å². The van der Waals surface area contributed by atoms with Crippen molar-refractivity contribution in [3.8, 4) is 0 Å². The molecule has 98 valence electrons. The van der Waals surface area contributed by atoms with Gasteiger partial charge in [0.25, 0.3) is 0 Å². The molecular formula is C13H20N4S. The molecule has 0 saturated heterocycles. The van der Waals surface area contributed by atoms with Gasteiger partial charge < -0.3 is 9.88 Å². The second-order valence-electron chi connectivity index (χ2n) is 4.67. The predicted molar refractivity (Wildman–Crippen MR) is 74.9 cm³/mol. The lowest BCUT2D eigenvalue weighted by Gasteiger charge is -2.12. The Balaban J connectivity index is 1.77. The highest BCUT2D eigenvalue weighted by atomic mass is 32.1. The van der Waals surface area contributed by atoms with Crippen LogP contribution in [0.3, 0.4) is 0 Å². The number of nitrogens with one attached hydrogen (secondary N) is 1. The lowest BCUT2D eigenvalue weighted by atomic mass is 10.3. The highest BCUT2D eigenvalue weighted by molar-refractivity contribution is 7.09. The summed E-state index contributed by atoms with van der Waals surface area (Å²) in [5.74, 6) is 0. The molecule has 0 fully saturated rings. The SMILES string of the molecule is Cc1nc(CCNCc2cncn2C(C)C)cs1. The Hall–Kier alpha value is -1.20. The molecule has 2 aromatic rings. The maximum absolute atomic E-state index is 4.45. The number of aryl methyl sites for hydroxylation is 1. The van der Waals surface area contributed by atoms with Gasteiger partial charge in [-0.05, 0) is 20.8 Å². The van der Waals surface area contributed by atoms with Gasteiger partial charge >= 0.3 is 0 Å². The van der Waals surface area contributed by atoms with Crippen molar-refractivity contribution in [2.24, 2.45) is 0 Å². The Bertz CT molecular complexity index is 487. The van der Waals surface area contributed by atoms with E-state index in [2.05, 4.69) is 39.1 Å². The van der Waals surface area contributed by atoms with Gasteiger partial charge in [0.05, 0.1) is 22.7 Å². The Morgan fingerprint density at radius 3 is 2.94 bits per heavy atom. The van der Waals surface area contributed by atoms with Gasteiger partial charge in [0.15, 0.2) is 0 Å². The molecule has 0 aliphatic rings. The third-order valence-corrected chi connectivity index (χ3v) is 3.66. The van der Waals surface area contributed by atoms with Gasteiger partial charge in [-0.1, -0.05) is 0 Å². The van der Waals surface area contributed by atoms with Gasteiger partial charge in [-0.15, -0.1) is 11.3 Å². The quantitative estimate of drug-likeness (QED) is 0.815. The third kappa shape index (κ3) is 3.40. The Labute approximate surface area is 112 Å². The molecule has 0 aliphatic heterocycles. The van der Waals surface area contributed by atoms with E-state index in [0.29, 0.717) is 6.04 Å². The topological polar surface area (TPSA) is 42.7 Å². The maximum Gasteiger partial charge on any atom is 0.0951 e. The van der Waals surface area contributed by atoms with Gasteiger partial charge in [0.1, 0.15) is 0 Å². The maximum atomic E-state index is 4.45. The fourth-order valence-electron chi connectivity index (χ4n) is 1.89. The summed E-state index contributed by atoms with van der Waals surface area (Å²) < 4.78 is 2.19. The minimum absolute atomic E-state index is 0.463. The van der Waals surface area contributed by atoms with E-state index in [4.69, 9.17) is 0 Å². The second-order valence-corrected chi connectivity index (χ2v) is 5.73. The summed E-state index contributed by atoms with van der Waals surface area (Å²) in [4.78, 5) is 8.65. The number of aromatic nitrogens is 3. The second kappa shape index (κ2) is 6.11. The highest BCUT2D eigenvalue weighted by Crippen LogP contribution is 2.09. The van der Waals surface area contributed by atoms with Crippen molar-refractivity contribution in [3.63, 3.8) is 0 Å². The number of hydrogen-bond acceptors (Lipinski definition) is 4. The van der Waals surface area contributed by atoms with Crippen LogP contribution >= 0.6 is 11.3 Å². The van der Waals surface area contributed by atoms with Crippen molar-refractivity contribution < 1.29 is 0 Å². The number of thiazole rings is 1. The fourth-order valence-corrected chi connectivity index (χ4v) is 2.54. The van der Waals surface area contributed by atoms with Crippen LogP contribution in [-0.2, 0) is 13.0 Å². The van der Waals surface area contributed by atoms with Crippen molar-refractivity contribution in [3.05, 3.63) is 34.3 Å². The minimum atomic E-state index is 0.463. The largest absolute Gasteiger partial charge is 0.331 e. The minimum Gasteiger partial charge on any atom is -0.331 e. The molecule has 2 rings (SSSR count). The molecule has 0 saturated carbocycles. The van der Waals surface area contributed by atoms with Gasteiger partial charge in [0, 0.05) is 37.1 Å². The smallest absolute Gasteiger partial charge is 0.0951 e. The summed E-state index contributed by atoms with van der Waals surface area (Å²) in [5, 5.41) is 6.72. The predicted octanol–water partition coefficient (Wildman–Crippen LogP) is 2.56. The molecule has 0 aliphatic carbocycles. The van der Waals surface area contributed by atoms with Crippen LogP contribution in [0.4, 0.5) is 0 Å². The molecule has 0 amide bonds. The van der Waals surface area contributed by atoms with E-state index < -0.39 is 0 Å². The molecule has 2 aromatic heterocycles. The van der Waals surface area contributed by atoms with Gasteiger partial charge in [-0.2, -0.15) is 0 Å². The first-order chi connectivity index (χ1) is 8.66. The molecular weight excluding hydrogens is 244 g/mol. The van der Waals surface area contributed by atoms with E-state index in [1.54, 1.807) is 11.3 Å². The lowest BCUT2D eigenvalue weighted by molar-refractivity contribution is 0.551. The van der Waals surface area contributed by atoms with Crippen molar-refractivity contribution in [1.29, 1.82) is 0 Å². The van der Waals surface area contributed by atoms with Crippen LogP contribution in [0.15, 0.2) is 17.9 Å². The third-order valence-electron chi connectivity index (χ3n) is 2.83. The Morgan fingerprint density at radius 2 is 2.28 bits per heavy atom. The molecule has 0 radical (unpaired) electrons. The number of rotatable bonds is 6. The number of nitrogens with zero attached hydrogens (tertiary/aromatic N) is 3. The molecule has 2 heterocycles. The summed E-state index contributed by atoms with van der Waals surface area (Å²) in [7, 11) is 0. The van der Waals surface area contributed by atoms with E-state index in [9.17, 15) is 0 Å². The monoisotopic (exact) mass is 264 g/mol. The summed E-state index contributed by atoms with van der Waals surface area (Å²) in [6, 6.07) is 0.463. The van der Waals surface area contributed by atoms with Crippen LogP contribution in [0.5, 0.6) is 0 Å². The van der Waals surface area contributed by atoms with Crippen molar-refractivity contribution >= 4 is 11.3 Å². The molecule has 0 bridgehead atoms. The summed E-state index contributed by atoms with van der Waals surface area (Å²) in [6.45, 7) is 8.20. The lowest BCUT2D eigenvalue weighted by Crippen LogP contribution is -2.19. The van der Waals surface area contributed by atoms with Crippen molar-refractivity contribution in [2.45, 2.75) is 39.8 Å². The van der Waals surface area contributed by atoms with Crippen LogP contribution in [0.1, 0.15) is 36.3 Å². The first-order valence-electron chi connectivity index (χ1n) is 6.29. The van der Waals surface area contributed by atoms with E-state index in [-0.39, 0.29) is 0 Å². The van der Waals surface area contributed by atoms with Crippen LogP contribution in [0.2, 0.25) is 0 Å². The van der Waals surface area contributed by atoms with Crippen LogP contribution in [0, 0.1) is 6.92 Å². The zero-order valence-electron chi connectivity index (χ0n) is 11.2.